The molecule has 0 aromatic rings. The van der Waals surface area contributed by atoms with E-state index in [9.17, 15) is 4.79 Å². The van der Waals surface area contributed by atoms with Gasteiger partial charge in [-0.3, -0.25) is 4.79 Å². The van der Waals surface area contributed by atoms with Crippen molar-refractivity contribution in [3.05, 3.63) is 0 Å². The highest BCUT2D eigenvalue weighted by Crippen LogP contribution is 2.44. The van der Waals surface area contributed by atoms with Gasteiger partial charge in [-0.1, -0.05) is 6.42 Å². The lowest BCUT2D eigenvalue weighted by Gasteiger charge is -2.26. The molecule has 1 heterocycles. The minimum atomic E-state index is 0.249. The zero-order chi connectivity index (χ0) is 11.7. The zero-order valence-corrected chi connectivity index (χ0v) is 10.4. The van der Waals surface area contributed by atoms with Gasteiger partial charge >= 0.3 is 0 Å². The third-order valence-corrected chi connectivity index (χ3v) is 4.69. The molecule has 0 aromatic carbocycles. The number of carbonyl (C=O) groups is 1. The summed E-state index contributed by atoms with van der Waals surface area (Å²) in [4.78, 5) is 13.3. The molecular formula is C13H23N2O2+. The number of fused-ring (bicyclic) bond motifs is 2. The fourth-order valence-corrected chi connectivity index (χ4v) is 3.74. The molecule has 0 unspecified atom stereocenters. The summed E-state index contributed by atoms with van der Waals surface area (Å²) in [5, 5.41) is 3.26. The summed E-state index contributed by atoms with van der Waals surface area (Å²) in [6, 6.07) is 0.488. The quantitative estimate of drug-likeness (QED) is 0.677. The monoisotopic (exact) mass is 239 g/mol. The van der Waals surface area contributed by atoms with E-state index >= 15 is 0 Å². The molecule has 3 fully saturated rings. The Hall–Kier alpha value is -0.610. The molecule has 4 nitrogen and oxygen atoms in total. The van der Waals surface area contributed by atoms with Crippen LogP contribution in [0.25, 0.3) is 0 Å². The first-order valence-corrected chi connectivity index (χ1v) is 7.02. The number of morpholine rings is 1. The molecule has 0 aromatic heterocycles. The predicted octanol–water partition coefficient (Wildman–Crippen LogP) is -0.794. The van der Waals surface area contributed by atoms with Crippen LogP contribution in [-0.4, -0.2) is 44.8 Å². The highest BCUT2D eigenvalue weighted by atomic mass is 16.5. The summed E-state index contributed by atoms with van der Waals surface area (Å²) in [5.74, 6) is 1.93. The van der Waals surface area contributed by atoms with Crippen LogP contribution in [0.4, 0.5) is 0 Å². The van der Waals surface area contributed by atoms with Gasteiger partial charge in [0.2, 0.25) is 0 Å². The van der Waals surface area contributed by atoms with Crippen molar-refractivity contribution < 1.29 is 14.4 Å². The molecule has 1 amide bonds. The summed E-state index contributed by atoms with van der Waals surface area (Å²) in [6.07, 6.45) is 5.32. The van der Waals surface area contributed by atoms with Crippen LogP contribution >= 0.6 is 0 Å². The van der Waals surface area contributed by atoms with Crippen molar-refractivity contribution in [2.45, 2.75) is 31.7 Å². The molecule has 2 N–H and O–H groups in total. The van der Waals surface area contributed by atoms with Gasteiger partial charge in [0.15, 0.2) is 6.54 Å². The Kier molecular flexibility index (Phi) is 3.34. The van der Waals surface area contributed by atoms with Gasteiger partial charge in [0.25, 0.3) is 5.91 Å². The molecule has 17 heavy (non-hydrogen) atoms. The van der Waals surface area contributed by atoms with Gasteiger partial charge in [-0.05, 0) is 31.1 Å². The minimum Gasteiger partial charge on any atom is -0.370 e. The fraction of sp³-hybridized carbons (Fsp3) is 0.923. The molecule has 2 saturated carbocycles. The first-order valence-electron chi connectivity index (χ1n) is 7.02. The second kappa shape index (κ2) is 4.94. The van der Waals surface area contributed by atoms with Crippen LogP contribution in [-0.2, 0) is 9.53 Å². The van der Waals surface area contributed by atoms with Gasteiger partial charge in [-0.2, -0.15) is 0 Å². The predicted molar refractivity (Wildman–Crippen MR) is 63.8 cm³/mol. The van der Waals surface area contributed by atoms with E-state index in [-0.39, 0.29) is 5.91 Å². The molecule has 1 saturated heterocycles. The first kappa shape index (κ1) is 11.5. The Morgan fingerprint density at radius 3 is 2.71 bits per heavy atom. The lowest BCUT2D eigenvalue weighted by molar-refractivity contribution is -0.900. The summed E-state index contributed by atoms with van der Waals surface area (Å²) in [6.45, 7) is 4.19. The third-order valence-electron chi connectivity index (χ3n) is 4.69. The van der Waals surface area contributed by atoms with E-state index in [1.807, 2.05) is 0 Å². The fourth-order valence-electron chi connectivity index (χ4n) is 3.74. The Morgan fingerprint density at radius 1 is 1.24 bits per heavy atom. The van der Waals surface area contributed by atoms with Crippen molar-refractivity contribution in [2.24, 2.45) is 11.8 Å². The number of nitrogens with one attached hydrogen (secondary N) is 2. The van der Waals surface area contributed by atoms with Crippen molar-refractivity contribution in [3.63, 3.8) is 0 Å². The second-order valence-electron chi connectivity index (χ2n) is 5.89. The number of ether oxygens (including phenoxy) is 1. The molecule has 0 radical (unpaired) electrons. The molecule has 4 heteroatoms. The van der Waals surface area contributed by atoms with Crippen LogP contribution in [0.15, 0.2) is 0 Å². The number of quaternary nitrogens is 1. The lowest BCUT2D eigenvalue weighted by atomic mass is 9.95. The normalized spacial score (nSPS) is 37.3. The van der Waals surface area contributed by atoms with E-state index in [2.05, 4.69) is 5.32 Å². The van der Waals surface area contributed by atoms with Gasteiger partial charge < -0.3 is 15.0 Å². The molecular weight excluding hydrogens is 216 g/mol. The number of hydrogen-bond donors (Lipinski definition) is 2. The molecule has 3 atom stereocenters. The largest absolute Gasteiger partial charge is 0.370 e. The van der Waals surface area contributed by atoms with E-state index in [1.165, 1.54) is 30.6 Å². The Labute approximate surface area is 103 Å². The van der Waals surface area contributed by atoms with Crippen LogP contribution in [0, 0.1) is 11.8 Å². The topological polar surface area (TPSA) is 42.8 Å². The van der Waals surface area contributed by atoms with Crippen LogP contribution in [0.3, 0.4) is 0 Å². The number of amides is 1. The van der Waals surface area contributed by atoms with Crippen molar-refractivity contribution in [2.75, 3.05) is 32.8 Å². The minimum absolute atomic E-state index is 0.249. The number of carbonyl (C=O) groups excluding carboxylic acids is 1. The van der Waals surface area contributed by atoms with Crippen LogP contribution in [0.5, 0.6) is 0 Å². The SMILES string of the molecule is O=C(C[NH+]1CCOCC1)N[C@@H]1C[C@H]2CC[C@@H]1C2. The average molecular weight is 239 g/mol. The van der Waals surface area contributed by atoms with Crippen molar-refractivity contribution >= 4 is 5.91 Å². The van der Waals surface area contributed by atoms with E-state index in [4.69, 9.17) is 4.74 Å². The maximum absolute atomic E-state index is 12.0. The van der Waals surface area contributed by atoms with Gasteiger partial charge in [0.1, 0.15) is 13.1 Å². The lowest BCUT2D eigenvalue weighted by Crippen LogP contribution is -3.15. The Balaban J connectivity index is 1.44. The van der Waals surface area contributed by atoms with Crippen LogP contribution in [0.1, 0.15) is 25.7 Å². The first-order chi connectivity index (χ1) is 8.31. The average Bonchev–Trinajstić information content (AvgIpc) is 2.92. The van der Waals surface area contributed by atoms with Gasteiger partial charge in [0, 0.05) is 6.04 Å². The highest BCUT2D eigenvalue weighted by molar-refractivity contribution is 5.77. The molecule has 96 valence electrons. The second-order valence-corrected chi connectivity index (χ2v) is 5.89. The molecule has 0 spiro atoms. The van der Waals surface area contributed by atoms with Gasteiger partial charge in [-0.15, -0.1) is 0 Å². The molecule has 1 aliphatic heterocycles. The standard InChI is InChI=1S/C13H22N2O2/c16-13(9-15-3-5-17-6-4-15)14-12-8-10-1-2-11(12)7-10/h10-12H,1-9H2,(H,14,16)/p+1/t10-,11+,12+/m0/s1. The number of rotatable bonds is 3. The van der Waals surface area contributed by atoms with E-state index in [1.54, 1.807) is 0 Å². The molecule has 2 bridgehead atoms. The van der Waals surface area contributed by atoms with Crippen molar-refractivity contribution in [1.29, 1.82) is 0 Å². The number of hydrogen-bond acceptors (Lipinski definition) is 2. The van der Waals surface area contributed by atoms with Gasteiger partial charge in [0.05, 0.1) is 13.2 Å². The smallest absolute Gasteiger partial charge is 0.275 e. The molecule has 3 rings (SSSR count). The summed E-state index contributed by atoms with van der Waals surface area (Å²) in [7, 11) is 0. The highest BCUT2D eigenvalue weighted by Gasteiger charge is 2.40. The van der Waals surface area contributed by atoms with E-state index < -0.39 is 0 Å². The summed E-state index contributed by atoms with van der Waals surface area (Å²) < 4.78 is 5.30. The maximum Gasteiger partial charge on any atom is 0.275 e. The molecule has 2 aliphatic carbocycles. The van der Waals surface area contributed by atoms with Crippen molar-refractivity contribution in [3.8, 4) is 0 Å². The molecule has 3 aliphatic rings. The Bertz CT molecular complexity index is 289. The Morgan fingerprint density at radius 2 is 2.06 bits per heavy atom. The zero-order valence-electron chi connectivity index (χ0n) is 10.4. The van der Waals surface area contributed by atoms with Crippen LogP contribution < -0.4 is 10.2 Å². The third kappa shape index (κ3) is 2.63. The summed E-state index contributed by atoms with van der Waals surface area (Å²) >= 11 is 0. The summed E-state index contributed by atoms with van der Waals surface area (Å²) in [5.41, 5.74) is 0. The van der Waals surface area contributed by atoms with E-state index in [0.717, 1.165) is 38.1 Å². The van der Waals surface area contributed by atoms with E-state index in [0.29, 0.717) is 12.6 Å². The van der Waals surface area contributed by atoms with Crippen LogP contribution in [0.2, 0.25) is 0 Å². The maximum atomic E-state index is 12.0. The van der Waals surface area contributed by atoms with Gasteiger partial charge in [-0.25, -0.2) is 0 Å². The van der Waals surface area contributed by atoms with Crippen molar-refractivity contribution in [1.82, 2.24) is 5.32 Å².